The van der Waals surface area contributed by atoms with Crippen LogP contribution in [0.4, 0.5) is 5.69 Å². The van der Waals surface area contributed by atoms with E-state index < -0.39 is 10.9 Å². The Hall–Kier alpha value is -4.08. The van der Waals surface area contributed by atoms with Gasteiger partial charge in [-0.1, -0.05) is 26.7 Å². The van der Waals surface area contributed by atoms with Crippen molar-refractivity contribution in [1.82, 2.24) is 10.2 Å². The van der Waals surface area contributed by atoms with Crippen molar-refractivity contribution in [3.63, 3.8) is 0 Å². The lowest BCUT2D eigenvalue weighted by molar-refractivity contribution is -0.384. The Morgan fingerprint density at radius 1 is 0.944 bits per heavy atom. The number of ether oxygens (including phenoxy) is 4. The van der Waals surface area contributed by atoms with Gasteiger partial charge in [0.15, 0.2) is 5.69 Å². The number of hydrogen-bond acceptors (Lipinski definition) is 8. The van der Waals surface area contributed by atoms with E-state index in [0.717, 1.165) is 25.7 Å². The standard InChI is InChI=1S/C26H31N3O7/c1-4-7-13-34-20-15-23(35-14-8-5-2)25(21-17-22(28-27-21)26(30)33-6-3)24(16-20)36-19-11-9-18(10-12-19)29(31)32/h9-12,15-17H,4-8,13-14H2,1-3H3,(H,27,28). The molecule has 0 atom stereocenters. The maximum atomic E-state index is 12.2. The average molecular weight is 498 g/mol. The number of esters is 1. The molecule has 1 aromatic heterocycles. The van der Waals surface area contributed by atoms with Crippen molar-refractivity contribution in [3.8, 4) is 34.3 Å². The van der Waals surface area contributed by atoms with Gasteiger partial charge in [0.2, 0.25) is 0 Å². The molecule has 0 amide bonds. The van der Waals surface area contributed by atoms with Crippen LogP contribution < -0.4 is 14.2 Å². The van der Waals surface area contributed by atoms with E-state index >= 15 is 0 Å². The van der Waals surface area contributed by atoms with Crippen molar-refractivity contribution in [1.29, 1.82) is 0 Å². The molecule has 3 aromatic rings. The lowest BCUT2D eigenvalue weighted by Crippen LogP contribution is -2.04. The summed E-state index contributed by atoms with van der Waals surface area (Å²) in [6.07, 6.45) is 3.66. The molecule has 1 N–H and O–H groups in total. The summed E-state index contributed by atoms with van der Waals surface area (Å²) in [6.45, 7) is 7.09. The Kier molecular flexibility index (Phi) is 9.67. The number of nitrogens with one attached hydrogen (secondary N) is 1. The minimum Gasteiger partial charge on any atom is -0.493 e. The van der Waals surface area contributed by atoms with Crippen LogP contribution in [0.5, 0.6) is 23.0 Å². The van der Waals surface area contributed by atoms with Crippen LogP contribution in [0, 0.1) is 10.1 Å². The minimum absolute atomic E-state index is 0.0459. The monoisotopic (exact) mass is 497 g/mol. The second kappa shape index (κ2) is 13.1. The fourth-order valence-electron chi connectivity index (χ4n) is 3.29. The molecule has 0 saturated carbocycles. The molecule has 10 heteroatoms. The van der Waals surface area contributed by atoms with Crippen LogP contribution in [0.3, 0.4) is 0 Å². The Labute approximate surface area is 209 Å². The third kappa shape index (κ3) is 6.97. The number of unbranched alkanes of at least 4 members (excludes halogenated alkanes) is 2. The minimum atomic E-state index is -0.550. The van der Waals surface area contributed by atoms with Crippen molar-refractivity contribution in [2.75, 3.05) is 19.8 Å². The van der Waals surface area contributed by atoms with Gasteiger partial charge >= 0.3 is 5.97 Å². The van der Waals surface area contributed by atoms with E-state index in [0.29, 0.717) is 47.5 Å². The van der Waals surface area contributed by atoms with Gasteiger partial charge in [-0.15, -0.1) is 0 Å². The van der Waals surface area contributed by atoms with Gasteiger partial charge in [-0.05, 0) is 38.0 Å². The molecule has 3 rings (SSSR count). The zero-order valence-corrected chi connectivity index (χ0v) is 20.7. The van der Waals surface area contributed by atoms with Crippen LogP contribution >= 0.6 is 0 Å². The third-order valence-corrected chi connectivity index (χ3v) is 5.17. The summed E-state index contributed by atoms with van der Waals surface area (Å²) in [7, 11) is 0. The summed E-state index contributed by atoms with van der Waals surface area (Å²) in [5.41, 5.74) is 1.10. The van der Waals surface area contributed by atoms with E-state index in [1.807, 2.05) is 0 Å². The Morgan fingerprint density at radius 3 is 2.25 bits per heavy atom. The topological polar surface area (TPSA) is 126 Å². The van der Waals surface area contributed by atoms with Crippen LogP contribution in [0.25, 0.3) is 11.3 Å². The number of benzene rings is 2. The molecule has 192 valence electrons. The highest BCUT2D eigenvalue weighted by Gasteiger charge is 2.22. The number of aromatic nitrogens is 2. The molecule has 0 aliphatic rings. The number of H-pyrrole nitrogens is 1. The Balaban J connectivity index is 2.07. The number of carbonyl (C=O) groups is 1. The number of nitro benzene ring substituents is 1. The summed E-state index contributed by atoms with van der Waals surface area (Å²) in [5, 5.41) is 18.0. The van der Waals surface area contributed by atoms with Crippen molar-refractivity contribution < 1.29 is 28.7 Å². The van der Waals surface area contributed by atoms with Crippen LogP contribution in [-0.4, -0.2) is 40.9 Å². The van der Waals surface area contributed by atoms with Crippen LogP contribution in [0.1, 0.15) is 56.9 Å². The molecule has 36 heavy (non-hydrogen) atoms. The number of carbonyl (C=O) groups excluding carboxylic acids is 1. The van der Waals surface area contributed by atoms with Crippen molar-refractivity contribution >= 4 is 11.7 Å². The molecule has 0 spiro atoms. The van der Waals surface area contributed by atoms with Crippen LogP contribution in [0.2, 0.25) is 0 Å². The molecule has 0 radical (unpaired) electrons. The number of nitrogens with zero attached hydrogens (tertiary/aromatic N) is 2. The molecule has 0 fully saturated rings. The smallest absolute Gasteiger partial charge is 0.358 e. The zero-order valence-electron chi connectivity index (χ0n) is 20.7. The Bertz CT molecular complexity index is 1160. The molecule has 0 unspecified atom stereocenters. The van der Waals surface area contributed by atoms with Crippen LogP contribution in [0.15, 0.2) is 42.5 Å². The number of rotatable bonds is 14. The first-order chi connectivity index (χ1) is 17.5. The first kappa shape index (κ1) is 26.5. The molecular formula is C26H31N3O7. The van der Waals surface area contributed by atoms with Gasteiger partial charge in [-0.25, -0.2) is 4.79 Å². The molecule has 1 heterocycles. The number of non-ortho nitro benzene ring substituents is 1. The summed E-state index contributed by atoms with van der Waals surface area (Å²) in [5.74, 6) is 1.26. The van der Waals surface area contributed by atoms with Gasteiger partial charge in [0, 0.05) is 24.3 Å². The van der Waals surface area contributed by atoms with Gasteiger partial charge in [0.1, 0.15) is 23.0 Å². The molecule has 0 bridgehead atoms. The summed E-state index contributed by atoms with van der Waals surface area (Å²) in [4.78, 5) is 22.8. The van der Waals surface area contributed by atoms with Gasteiger partial charge in [0.25, 0.3) is 5.69 Å². The second-order valence-corrected chi connectivity index (χ2v) is 7.94. The van der Waals surface area contributed by atoms with E-state index in [1.165, 1.54) is 24.3 Å². The van der Waals surface area contributed by atoms with E-state index in [2.05, 4.69) is 24.0 Å². The summed E-state index contributed by atoms with van der Waals surface area (Å²) < 4.78 is 23.3. The summed E-state index contributed by atoms with van der Waals surface area (Å²) >= 11 is 0. The maximum absolute atomic E-state index is 12.2. The van der Waals surface area contributed by atoms with Gasteiger partial charge in [-0.3, -0.25) is 15.2 Å². The normalized spacial score (nSPS) is 10.6. The third-order valence-electron chi connectivity index (χ3n) is 5.17. The molecule has 0 saturated heterocycles. The van der Waals surface area contributed by atoms with Gasteiger partial charge in [0.05, 0.1) is 36.0 Å². The fourth-order valence-corrected chi connectivity index (χ4v) is 3.29. The van der Waals surface area contributed by atoms with E-state index in [1.54, 1.807) is 25.1 Å². The SMILES string of the molecule is CCCCOc1cc(OCCCC)c(-c2cc(C(=O)OCC)n[nH]2)c(Oc2ccc([N+](=O)[O-])cc2)c1. The Morgan fingerprint density at radius 2 is 1.61 bits per heavy atom. The highest BCUT2D eigenvalue weighted by atomic mass is 16.6. The number of nitro groups is 1. The predicted molar refractivity (Wildman–Crippen MR) is 134 cm³/mol. The molecular weight excluding hydrogens is 466 g/mol. The molecule has 2 aromatic carbocycles. The average Bonchev–Trinajstić information content (AvgIpc) is 3.35. The highest BCUT2D eigenvalue weighted by molar-refractivity contribution is 5.89. The predicted octanol–water partition coefficient (Wildman–Crippen LogP) is 6.31. The van der Waals surface area contributed by atoms with E-state index in [4.69, 9.17) is 18.9 Å². The largest absolute Gasteiger partial charge is 0.493 e. The van der Waals surface area contributed by atoms with Gasteiger partial charge < -0.3 is 18.9 Å². The first-order valence-corrected chi connectivity index (χ1v) is 12.1. The molecule has 10 nitrogen and oxygen atoms in total. The zero-order chi connectivity index (χ0) is 25.9. The summed E-state index contributed by atoms with van der Waals surface area (Å²) in [6, 6.07) is 10.8. The van der Waals surface area contributed by atoms with Crippen molar-refractivity contribution in [2.45, 2.75) is 46.5 Å². The second-order valence-electron chi connectivity index (χ2n) is 7.94. The number of hydrogen-bond donors (Lipinski definition) is 1. The first-order valence-electron chi connectivity index (χ1n) is 12.1. The fraction of sp³-hybridized carbons (Fsp3) is 0.385. The lowest BCUT2D eigenvalue weighted by atomic mass is 10.1. The quantitative estimate of drug-likeness (QED) is 0.119. The van der Waals surface area contributed by atoms with Crippen molar-refractivity contribution in [3.05, 3.63) is 58.3 Å². The van der Waals surface area contributed by atoms with Gasteiger partial charge in [-0.2, -0.15) is 5.10 Å². The number of aromatic amines is 1. The lowest BCUT2D eigenvalue weighted by Gasteiger charge is -2.18. The van der Waals surface area contributed by atoms with E-state index in [9.17, 15) is 14.9 Å². The van der Waals surface area contributed by atoms with Crippen molar-refractivity contribution in [2.24, 2.45) is 0 Å². The highest BCUT2D eigenvalue weighted by Crippen LogP contribution is 2.43. The van der Waals surface area contributed by atoms with E-state index in [-0.39, 0.29) is 18.0 Å². The molecule has 0 aliphatic carbocycles. The maximum Gasteiger partial charge on any atom is 0.358 e. The molecule has 0 aliphatic heterocycles. The van der Waals surface area contributed by atoms with Crippen LogP contribution in [-0.2, 0) is 4.74 Å².